The first-order valence-corrected chi connectivity index (χ1v) is 9.15. The normalized spacial score (nSPS) is 12.2. The third kappa shape index (κ3) is 9.17. The number of methoxy groups -OCH3 is 2. The summed E-state index contributed by atoms with van der Waals surface area (Å²) in [6, 6.07) is 0. The molecule has 0 atom stereocenters. The quantitative estimate of drug-likeness (QED) is 0.225. The number of ketones is 1. The van der Waals surface area contributed by atoms with E-state index in [1.807, 2.05) is 0 Å². The Bertz CT molecular complexity index is 599. The second kappa shape index (κ2) is 13.7. The van der Waals surface area contributed by atoms with E-state index in [0.717, 1.165) is 46.5 Å². The number of carbonyl (C=O) groups excluding carboxylic acids is 3. The van der Waals surface area contributed by atoms with Crippen molar-refractivity contribution in [3.63, 3.8) is 0 Å². The van der Waals surface area contributed by atoms with E-state index in [-0.39, 0.29) is 12.2 Å². The summed E-state index contributed by atoms with van der Waals surface area (Å²) in [6.45, 7) is 3.30. The van der Waals surface area contributed by atoms with Gasteiger partial charge in [-0.3, -0.25) is 4.79 Å². The summed E-state index contributed by atoms with van der Waals surface area (Å²) in [7, 11) is 2.15. The van der Waals surface area contributed by atoms with E-state index in [9.17, 15) is 19.2 Å². The Morgan fingerprint density at radius 3 is 1.85 bits per heavy atom. The highest BCUT2D eigenvalue weighted by atomic mass is 16.5. The van der Waals surface area contributed by atoms with Gasteiger partial charge in [0.1, 0.15) is 0 Å². The van der Waals surface area contributed by atoms with Crippen molar-refractivity contribution >= 4 is 23.7 Å². The summed E-state index contributed by atoms with van der Waals surface area (Å²) < 4.78 is 9.17. The summed E-state index contributed by atoms with van der Waals surface area (Å²) in [4.78, 5) is 47.5. The molecule has 0 bridgehead atoms. The fourth-order valence-electron chi connectivity index (χ4n) is 2.51. The van der Waals surface area contributed by atoms with Crippen molar-refractivity contribution in [2.24, 2.45) is 0 Å². The molecule has 0 rings (SSSR count). The van der Waals surface area contributed by atoms with Gasteiger partial charge in [0, 0.05) is 12.0 Å². The second-order valence-corrected chi connectivity index (χ2v) is 6.18. The van der Waals surface area contributed by atoms with Crippen LogP contribution in [0.4, 0.5) is 0 Å². The van der Waals surface area contributed by atoms with Crippen LogP contribution in [-0.2, 0) is 28.7 Å². The molecule has 0 aromatic rings. The lowest BCUT2D eigenvalue weighted by Crippen LogP contribution is -2.20. The molecule has 0 aliphatic carbocycles. The highest BCUT2D eigenvalue weighted by molar-refractivity contribution is 6.14. The van der Waals surface area contributed by atoms with Crippen LogP contribution in [0.3, 0.4) is 0 Å². The molecule has 1 N–H and O–H groups in total. The third-order valence-corrected chi connectivity index (χ3v) is 4.09. The van der Waals surface area contributed by atoms with Crippen LogP contribution in [0.15, 0.2) is 22.8 Å². The summed E-state index contributed by atoms with van der Waals surface area (Å²) in [5.74, 6) is -3.76. The zero-order valence-electron chi connectivity index (χ0n) is 16.6. The second-order valence-electron chi connectivity index (χ2n) is 6.18. The molecule has 0 spiro atoms. The summed E-state index contributed by atoms with van der Waals surface area (Å²) in [5, 5.41) is 9.17. The first kappa shape index (κ1) is 24.6. The maximum Gasteiger partial charge on any atom is 0.339 e. The minimum Gasteiger partial charge on any atom is -0.478 e. The molecule has 0 aliphatic heterocycles. The predicted molar refractivity (Wildman–Crippen MR) is 100 cm³/mol. The van der Waals surface area contributed by atoms with Crippen molar-refractivity contribution in [3.8, 4) is 0 Å². The van der Waals surface area contributed by atoms with Gasteiger partial charge in [-0.15, -0.1) is 0 Å². The van der Waals surface area contributed by atoms with Crippen molar-refractivity contribution in [1.82, 2.24) is 0 Å². The maximum atomic E-state index is 12.2. The molecule has 27 heavy (non-hydrogen) atoms. The Kier molecular flexibility index (Phi) is 12.5. The lowest BCUT2D eigenvalue weighted by molar-refractivity contribution is -0.140. The number of ether oxygens (including phenoxy) is 2. The molecule has 0 heterocycles. The fraction of sp³-hybridized carbons (Fsp3) is 0.600. The molecule has 0 saturated carbocycles. The Morgan fingerprint density at radius 2 is 1.37 bits per heavy atom. The molecule has 0 saturated heterocycles. The predicted octanol–water partition coefficient (Wildman–Crippen LogP) is 3.37. The Hall–Kier alpha value is -2.44. The van der Waals surface area contributed by atoms with E-state index in [2.05, 4.69) is 16.4 Å². The highest BCUT2D eigenvalue weighted by Gasteiger charge is 2.28. The maximum absolute atomic E-state index is 12.2. The molecule has 7 nitrogen and oxygen atoms in total. The van der Waals surface area contributed by atoms with Gasteiger partial charge in [0.15, 0.2) is 5.78 Å². The Morgan fingerprint density at radius 1 is 0.852 bits per heavy atom. The van der Waals surface area contributed by atoms with Crippen molar-refractivity contribution in [2.45, 2.75) is 65.2 Å². The minimum atomic E-state index is -1.40. The van der Waals surface area contributed by atoms with Gasteiger partial charge in [0.05, 0.1) is 25.4 Å². The van der Waals surface area contributed by atoms with Crippen LogP contribution >= 0.6 is 0 Å². The van der Waals surface area contributed by atoms with Crippen molar-refractivity contribution in [1.29, 1.82) is 0 Å². The number of aliphatic carboxylic acids is 1. The number of esters is 2. The van der Waals surface area contributed by atoms with Gasteiger partial charge >= 0.3 is 17.9 Å². The standard InChI is InChI=1S/C20H30O7/c1-5-6-7-8-9-10-11-12-15(21)13-16(19(24)26-3)17(20(25)27-4)14(2)18(22)23/h13H,5-12H2,1-4H3,(H,22,23). The minimum absolute atomic E-state index is 0.203. The topological polar surface area (TPSA) is 107 Å². The van der Waals surface area contributed by atoms with Crippen LogP contribution in [-0.4, -0.2) is 43.0 Å². The van der Waals surface area contributed by atoms with E-state index in [1.54, 1.807) is 0 Å². The van der Waals surface area contributed by atoms with E-state index in [4.69, 9.17) is 5.11 Å². The van der Waals surface area contributed by atoms with Crippen LogP contribution in [0.25, 0.3) is 0 Å². The number of allylic oxidation sites excluding steroid dienone is 1. The van der Waals surface area contributed by atoms with Gasteiger partial charge in [0.2, 0.25) is 0 Å². The molecule has 0 aliphatic rings. The average Bonchev–Trinajstić information content (AvgIpc) is 2.65. The molecular formula is C20H30O7. The van der Waals surface area contributed by atoms with E-state index < -0.39 is 34.6 Å². The van der Waals surface area contributed by atoms with Crippen molar-refractivity contribution < 1.29 is 33.8 Å². The molecule has 0 amide bonds. The molecule has 0 aromatic carbocycles. The van der Waals surface area contributed by atoms with Crippen LogP contribution in [0, 0.1) is 0 Å². The molecule has 0 radical (unpaired) electrons. The molecule has 0 aromatic heterocycles. The zero-order chi connectivity index (χ0) is 20.8. The number of rotatable bonds is 13. The first-order chi connectivity index (χ1) is 12.8. The summed E-state index contributed by atoms with van der Waals surface area (Å²) >= 11 is 0. The van der Waals surface area contributed by atoms with Gasteiger partial charge in [-0.05, 0) is 19.4 Å². The lowest BCUT2D eigenvalue weighted by Gasteiger charge is -2.11. The van der Waals surface area contributed by atoms with Gasteiger partial charge in [-0.1, -0.05) is 45.4 Å². The SMILES string of the molecule is CCCCCCCCCC(=O)C=C(C(=O)OC)C(C(=O)OC)=C(C)C(=O)O. The third-order valence-electron chi connectivity index (χ3n) is 4.09. The Labute approximate surface area is 160 Å². The Balaban J connectivity index is 5.24. The molecule has 152 valence electrons. The van der Waals surface area contributed by atoms with Gasteiger partial charge in [-0.2, -0.15) is 0 Å². The molecule has 0 unspecified atom stereocenters. The van der Waals surface area contributed by atoms with Crippen molar-refractivity contribution in [3.05, 3.63) is 22.8 Å². The first-order valence-electron chi connectivity index (χ1n) is 9.15. The zero-order valence-corrected chi connectivity index (χ0v) is 16.6. The van der Waals surface area contributed by atoms with Crippen LogP contribution in [0.5, 0.6) is 0 Å². The van der Waals surface area contributed by atoms with Crippen LogP contribution < -0.4 is 0 Å². The average molecular weight is 382 g/mol. The summed E-state index contributed by atoms with van der Waals surface area (Å²) in [5.41, 5.74) is -1.29. The monoisotopic (exact) mass is 382 g/mol. The fourth-order valence-corrected chi connectivity index (χ4v) is 2.51. The van der Waals surface area contributed by atoms with Gasteiger partial charge < -0.3 is 14.6 Å². The number of hydrogen-bond acceptors (Lipinski definition) is 6. The van der Waals surface area contributed by atoms with E-state index in [1.165, 1.54) is 19.3 Å². The molecule has 7 heteroatoms. The smallest absolute Gasteiger partial charge is 0.339 e. The molecular weight excluding hydrogens is 352 g/mol. The number of carbonyl (C=O) groups is 4. The van der Waals surface area contributed by atoms with Gasteiger partial charge in [-0.25, -0.2) is 14.4 Å². The van der Waals surface area contributed by atoms with Crippen molar-refractivity contribution in [2.75, 3.05) is 14.2 Å². The van der Waals surface area contributed by atoms with E-state index in [0.29, 0.717) is 6.42 Å². The summed E-state index contributed by atoms with van der Waals surface area (Å²) in [6.07, 6.45) is 8.44. The lowest BCUT2D eigenvalue weighted by atomic mass is 9.98. The number of hydrogen-bond donors (Lipinski definition) is 1. The number of carboxylic acids is 1. The van der Waals surface area contributed by atoms with Gasteiger partial charge in [0.25, 0.3) is 0 Å². The largest absolute Gasteiger partial charge is 0.478 e. The van der Waals surface area contributed by atoms with Crippen LogP contribution in [0.1, 0.15) is 65.2 Å². The highest BCUT2D eigenvalue weighted by Crippen LogP contribution is 2.20. The number of carboxylic acid groups (broad SMARTS) is 1. The van der Waals surface area contributed by atoms with E-state index >= 15 is 0 Å². The molecule has 0 fully saturated rings. The number of unbranched alkanes of at least 4 members (excludes halogenated alkanes) is 6. The van der Waals surface area contributed by atoms with Crippen LogP contribution in [0.2, 0.25) is 0 Å².